The van der Waals surface area contributed by atoms with Crippen molar-refractivity contribution in [3.63, 3.8) is 0 Å². The third kappa shape index (κ3) is 15.9. The third-order valence-corrected chi connectivity index (χ3v) is 6.86. The van der Waals surface area contributed by atoms with E-state index in [1.165, 1.54) is 0 Å². The zero-order valence-electron chi connectivity index (χ0n) is 20.9. The van der Waals surface area contributed by atoms with E-state index in [1.54, 1.807) is 0 Å². The lowest BCUT2D eigenvalue weighted by atomic mass is 10.0. The molecule has 0 aromatic heterocycles. The van der Waals surface area contributed by atoms with Crippen molar-refractivity contribution in [3.8, 4) is 0 Å². The van der Waals surface area contributed by atoms with E-state index in [9.17, 15) is 22.8 Å². The molecule has 0 spiro atoms. The van der Waals surface area contributed by atoms with Crippen LogP contribution in [0.3, 0.4) is 0 Å². The predicted molar refractivity (Wildman–Crippen MR) is 131 cm³/mol. The number of hydrogen-bond donors (Lipinski definition) is 5. The minimum absolute atomic E-state index is 0.0464. The molecule has 0 radical (unpaired) electrons. The number of unbranched alkanes of at least 4 members (excludes halogenated alkanes) is 1. The van der Waals surface area contributed by atoms with Crippen molar-refractivity contribution in [1.82, 2.24) is 16.0 Å². The molecule has 2 saturated heterocycles. The van der Waals surface area contributed by atoms with Crippen LogP contribution in [0.2, 0.25) is 0 Å². The quantitative estimate of drug-likeness (QED) is 0.123. The molecule has 3 atom stereocenters. The van der Waals surface area contributed by atoms with Crippen molar-refractivity contribution in [3.05, 3.63) is 0 Å². The molecule has 3 unspecified atom stereocenters. The summed E-state index contributed by atoms with van der Waals surface area (Å²) in [5, 5.41) is 16.5. The van der Waals surface area contributed by atoms with Crippen molar-refractivity contribution in [2.24, 2.45) is 5.73 Å². The summed E-state index contributed by atoms with van der Waals surface area (Å²) in [6.45, 7) is 4.82. The molecule has 11 nitrogen and oxygen atoms in total. The van der Waals surface area contributed by atoms with Gasteiger partial charge in [0, 0.05) is 37.2 Å². The first-order chi connectivity index (χ1) is 17.6. The van der Waals surface area contributed by atoms with Crippen LogP contribution in [0.15, 0.2) is 0 Å². The number of carboxylic acids is 1. The molecule has 0 bridgehead atoms. The molecule has 2 rings (SSSR count). The number of thioether (sulfide) groups is 1. The summed E-state index contributed by atoms with van der Waals surface area (Å²) in [5.41, 5.74) is 5.38. The molecule has 15 heteroatoms. The monoisotopic (exact) mass is 560 g/mol. The number of carbonyl (C=O) groups is 3. The molecule has 0 aromatic carbocycles. The Labute approximate surface area is 219 Å². The number of ether oxygens (including phenoxy) is 3. The van der Waals surface area contributed by atoms with Gasteiger partial charge in [-0.1, -0.05) is 6.42 Å². The Kier molecular flexibility index (Phi) is 17.3. The van der Waals surface area contributed by atoms with Gasteiger partial charge in [0.2, 0.25) is 5.91 Å². The van der Waals surface area contributed by atoms with Gasteiger partial charge in [-0.25, -0.2) is 9.59 Å². The Bertz CT molecular complexity index is 677. The summed E-state index contributed by atoms with van der Waals surface area (Å²) in [6.07, 6.45) is 0.0625. The van der Waals surface area contributed by atoms with Crippen molar-refractivity contribution < 1.29 is 46.9 Å². The van der Waals surface area contributed by atoms with Gasteiger partial charge in [-0.15, -0.1) is 0 Å². The van der Waals surface area contributed by atoms with E-state index < -0.39 is 12.1 Å². The van der Waals surface area contributed by atoms with Gasteiger partial charge in [0.25, 0.3) is 0 Å². The maximum atomic E-state index is 11.9. The molecule has 0 aromatic rings. The number of nitrogens with two attached hydrogens (primary N) is 1. The number of carbonyl (C=O) groups excluding carboxylic acids is 2. The fourth-order valence-corrected chi connectivity index (χ4v) is 5.04. The molecular weight excluding hydrogens is 521 g/mol. The molecule has 6 N–H and O–H groups in total. The number of nitrogens with one attached hydrogen (secondary N) is 3. The highest BCUT2D eigenvalue weighted by Gasteiger charge is 2.42. The first-order valence-corrected chi connectivity index (χ1v) is 13.4. The van der Waals surface area contributed by atoms with E-state index in [-0.39, 0.29) is 24.0 Å². The van der Waals surface area contributed by atoms with Gasteiger partial charge in [-0.05, 0) is 32.2 Å². The topological polar surface area (TPSA) is 161 Å². The zero-order valence-corrected chi connectivity index (χ0v) is 21.7. The SMILES string of the molecule is NCCCOCCOCCOCCCNC(=O)CCCCC1SCC2NC(=O)NC21.O=C(O)C(F)(F)F. The molecule has 0 saturated carbocycles. The lowest BCUT2D eigenvalue weighted by Gasteiger charge is -2.16. The van der Waals surface area contributed by atoms with Crippen molar-refractivity contribution in [2.45, 2.75) is 62.0 Å². The lowest BCUT2D eigenvalue weighted by Crippen LogP contribution is -2.36. The van der Waals surface area contributed by atoms with Gasteiger partial charge in [0.15, 0.2) is 0 Å². The minimum atomic E-state index is -5.08. The van der Waals surface area contributed by atoms with Gasteiger partial charge >= 0.3 is 18.2 Å². The van der Waals surface area contributed by atoms with Crippen LogP contribution in [-0.4, -0.2) is 105 Å². The number of amides is 3. The van der Waals surface area contributed by atoms with Crippen LogP contribution < -0.4 is 21.7 Å². The van der Waals surface area contributed by atoms with Crippen LogP contribution in [0.4, 0.5) is 18.0 Å². The van der Waals surface area contributed by atoms with E-state index in [1.807, 2.05) is 11.8 Å². The maximum Gasteiger partial charge on any atom is 0.490 e. The summed E-state index contributed by atoms with van der Waals surface area (Å²) in [5.74, 6) is -1.68. The van der Waals surface area contributed by atoms with Crippen molar-refractivity contribution in [2.75, 3.05) is 58.5 Å². The Hall–Kier alpha value is -1.81. The van der Waals surface area contributed by atoms with Crippen molar-refractivity contribution >= 4 is 29.7 Å². The Morgan fingerprint density at radius 2 is 1.59 bits per heavy atom. The van der Waals surface area contributed by atoms with E-state index in [0.717, 1.165) is 37.9 Å². The van der Waals surface area contributed by atoms with E-state index in [2.05, 4.69) is 16.0 Å². The van der Waals surface area contributed by atoms with Gasteiger partial charge in [0.05, 0.1) is 38.5 Å². The summed E-state index contributed by atoms with van der Waals surface area (Å²) in [4.78, 5) is 32.2. The normalized spacial score (nSPS) is 20.4. The highest BCUT2D eigenvalue weighted by atomic mass is 32.2. The summed E-state index contributed by atoms with van der Waals surface area (Å²) in [6, 6.07) is 0.469. The maximum absolute atomic E-state index is 11.9. The Morgan fingerprint density at radius 1 is 1.00 bits per heavy atom. The molecule has 0 aliphatic carbocycles. The number of rotatable bonds is 18. The number of hydrogen-bond acceptors (Lipinski definition) is 8. The largest absolute Gasteiger partial charge is 0.490 e. The summed E-state index contributed by atoms with van der Waals surface area (Å²) in [7, 11) is 0. The molecule has 216 valence electrons. The second-order valence-electron chi connectivity index (χ2n) is 8.35. The number of halogens is 3. The first-order valence-electron chi connectivity index (χ1n) is 12.3. The molecular formula is C22H39F3N4O7S. The lowest BCUT2D eigenvalue weighted by molar-refractivity contribution is -0.192. The average molecular weight is 561 g/mol. The van der Waals surface area contributed by atoms with Gasteiger partial charge in [0.1, 0.15) is 0 Å². The van der Waals surface area contributed by atoms with Gasteiger partial charge in [-0.2, -0.15) is 24.9 Å². The molecule has 2 aliphatic heterocycles. The fraction of sp³-hybridized carbons (Fsp3) is 0.864. The third-order valence-electron chi connectivity index (χ3n) is 5.35. The van der Waals surface area contributed by atoms with Crippen LogP contribution >= 0.6 is 11.8 Å². The van der Waals surface area contributed by atoms with E-state index in [4.69, 9.17) is 29.8 Å². The summed E-state index contributed by atoms with van der Waals surface area (Å²) >= 11 is 1.92. The number of urea groups is 1. The van der Waals surface area contributed by atoms with E-state index in [0.29, 0.717) is 64.4 Å². The highest BCUT2D eigenvalue weighted by Crippen LogP contribution is 2.33. The van der Waals surface area contributed by atoms with Crippen LogP contribution in [0.1, 0.15) is 38.5 Å². The Morgan fingerprint density at radius 3 is 2.19 bits per heavy atom. The van der Waals surface area contributed by atoms with Gasteiger partial charge in [-0.3, -0.25) is 4.79 Å². The zero-order chi connectivity index (χ0) is 27.5. The second kappa shape index (κ2) is 19.3. The summed E-state index contributed by atoms with van der Waals surface area (Å²) < 4.78 is 48.0. The number of fused-ring (bicyclic) bond motifs is 1. The van der Waals surface area contributed by atoms with Crippen LogP contribution in [0, 0.1) is 0 Å². The minimum Gasteiger partial charge on any atom is -0.475 e. The van der Waals surface area contributed by atoms with Crippen LogP contribution in [0.25, 0.3) is 0 Å². The smallest absolute Gasteiger partial charge is 0.475 e. The van der Waals surface area contributed by atoms with Gasteiger partial charge < -0.3 is 41.0 Å². The first kappa shape index (κ1) is 33.2. The second-order valence-corrected chi connectivity index (χ2v) is 9.63. The number of aliphatic carboxylic acids is 1. The molecule has 3 amide bonds. The van der Waals surface area contributed by atoms with Crippen LogP contribution in [0.5, 0.6) is 0 Å². The molecule has 37 heavy (non-hydrogen) atoms. The molecule has 2 aliphatic rings. The molecule has 2 heterocycles. The fourth-order valence-electron chi connectivity index (χ4n) is 3.49. The van der Waals surface area contributed by atoms with Crippen molar-refractivity contribution in [1.29, 1.82) is 0 Å². The Balaban J connectivity index is 0.000000856. The average Bonchev–Trinajstić information content (AvgIpc) is 3.38. The van der Waals surface area contributed by atoms with Crippen LogP contribution in [-0.2, 0) is 23.8 Å². The standard InChI is InChI=1S/C20H38N4O5S.C2HF3O2/c21-7-3-9-27-11-13-29-14-12-28-10-4-8-22-18(25)6-2-1-5-17-19-16(15-30-17)23-20(26)24-19;3-2(4,5)1(6)7/h16-17,19H,1-15,21H2,(H,22,25)(H2,23,24,26);(H,6,7). The number of carboxylic acid groups (broad SMARTS) is 1. The predicted octanol–water partition coefficient (Wildman–Crippen LogP) is 1.25. The highest BCUT2D eigenvalue weighted by molar-refractivity contribution is 8.00. The number of alkyl halides is 3. The van der Waals surface area contributed by atoms with E-state index >= 15 is 0 Å². The molecule has 2 fully saturated rings.